The van der Waals surface area contributed by atoms with Crippen LogP contribution in [0.2, 0.25) is 0 Å². The molecule has 17 heavy (non-hydrogen) atoms. The van der Waals surface area contributed by atoms with Crippen LogP contribution in [0.15, 0.2) is 18.3 Å². The minimum atomic E-state index is 0.259. The van der Waals surface area contributed by atoms with Gasteiger partial charge in [0.1, 0.15) is 11.8 Å². The average molecular weight is 231 g/mol. The molecule has 0 saturated heterocycles. The van der Waals surface area contributed by atoms with Crippen molar-refractivity contribution in [3.05, 3.63) is 29.6 Å². The SMILES string of the molecule is CC(C)C(C)(C)CNCc1cccnc1C#N. The highest BCUT2D eigenvalue weighted by atomic mass is 14.9. The van der Waals surface area contributed by atoms with Gasteiger partial charge in [-0.3, -0.25) is 0 Å². The molecule has 1 aromatic rings. The quantitative estimate of drug-likeness (QED) is 0.847. The van der Waals surface area contributed by atoms with Crippen LogP contribution in [-0.2, 0) is 6.54 Å². The summed E-state index contributed by atoms with van der Waals surface area (Å²) < 4.78 is 0. The number of aromatic nitrogens is 1. The third kappa shape index (κ3) is 3.83. The van der Waals surface area contributed by atoms with E-state index in [0.717, 1.165) is 12.1 Å². The molecule has 1 N–H and O–H groups in total. The Labute approximate surface area is 104 Å². The molecule has 0 amide bonds. The van der Waals surface area contributed by atoms with Gasteiger partial charge < -0.3 is 5.32 Å². The molecule has 0 unspecified atom stereocenters. The first-order valence-electron chi connectivity index (χ1n) is 6.02. The van der Waals surface area contributed by atoms with Gasteiger partial charge in [0.25, 0.3) is 0 Å². The maximum atomic E-state index is 8.93. The fourth-order valence-electron chi connectivity index (χ4n) is 1.41. The van der Waals surface area contributed by atoms with Gasteiger partial charge >= 0.3 is 0 Å². The molecular weight excluding hydrogens is 210 g/mol. The normalized spacial score (nSPS) is 11.5. The standard InChI is InChI=1S/C14H21N3/c1-11(2)14(3,4)10-16-9-12-6-5-7-17-13(12)8-15/h5-7,11,16H,9-10H2,1-4H3. The van der Waals surface area contributed by atoms with Gasteiger partial charge in [-0.05, 0) is 17.4 Å². The van der Waals surface area contributed by atoms with E-state index in [9.17, 15) is 0 Å². The molecule has 0 aliphatic rings. The van der Waals surface area contributed by atoms with E-state index < -0.39 is 0 Å². The zero-order valence-electron chi connectivity index (χ0n) is 11.1. The first kappa shape index (κ1) is 13.7. The van der Waals surface area contributed by atoms with Crippen LogP contribution in [0.1, 0.15) is 39.0 Å². The second kappa shape index (κ2) is 5.79. The van der Waals surface area contributed by atoms with E-state index in [-0.39, 0.29) is 5.41 Å². The number of hydrogen-bond donors (Lipinski definition) is 1. The number of nitriles is 1. The van der Waals surface area contributed by atoms with Crippen molar-refractivity contribution in [3.8, 4) is 6.07 Å². The Morgan fingerprint density at radius 1 is 1.47 bits per heavy atom. The Morgan fingerprint density at radius 3 is 2.76 bits per heavy atom. The lowest BCUT2D eigenvalue weighted by atomic mass is 9.81. The third-order valence-electron chi connectivity index (χ3n) is 3.46. The fourth-order valence-corrected chi connectivity index (χ4v) is 1.41. The molecule has 0 atom stereocenters. The van der Waals surface area contributed by atoms with Crippen molar-refractivity contribution >= 4 is 0 Å². The summed E-state index contributed by atoms with van der Waals surface area (Å²) in [6.07, 6.45) is 1.65. The highest BCUT2D eigenvalue weighted by Crippen LogP contribution is 2.24. The lowest BCUT2D eigenvalue weighted by Crippen LogP contribution is -2.33. The molecule has 1 aromatic heterocycles. The zero-order chi connectivity index (χ0) is 12.9. The van der Waals surface area contributed by atoms with Gasteiger partial charge in [0.15, 0.2) is 0 Å². The lowest BCUT2D eigenvalue weighted by molar-refractivity contribution is 0.238. The molecular formula is C14H21N3. The molecule has 0 aliphatic carbocycles. The van der Waals surface area contributed by atoms with Crippen molar-refractivity contribution in [3.63, 3.8) is 0 Å². The molecule has 0 spiro atoms. The summed E-state index contributed by atoms with van der Waals surface area (Å²) in [5.41, 5.74) is 1.74. The highest BCUT2D eigenvalue weighted by Gasteiger charge is 2.21. The lowest BCUT2D eigenvalue weighted by Gasteiger charge is -2.29. The van der Waals surface area contributed by atoms with Gasteiger partial charge in [-0.15, -0.1) is 0 Å². The minimum Gasteiger partial charge on any atom is -0.312 e. The summed E-state index contributed by atoms with van der Waals surface area (Å²) in [7, 11) is 0. The Hall–Kier alpha value is -1.40. The Balaban J connectivity index is 2.55. The monoisotopic (exact) mass is 231 g/mol. The summed E-state index contributed by atoms with van der Waals surface area (Å²) in [4.78, 5) is 4.05. The zero-order valence-corrected chi connectivity index (χ0v) is 11.1. The van der Waals surface area contributed by atoms with Crippen molar-refractivity contribution in [2.45, 2.75) is 34.2 Å². The van der Waals surface area contributed by atoms with Gasteiger partial charge in [-0.25, -0.2) is 4.98 Å². The Bertz CT molecular complexity index is 402. The second-order valence-electron chi connectivity index (χ2n) is 5.37. The van der Waals surface area contributed by atoms with Crippen LogP contribution in [0.3, 0.4) is 0 Å². The first-order valence-corrected chi connectivity index (χ1v) is 6.02. The van der Waals surface area contributed by atoms with Crippen LogP contribution in [0.4, 0.5) is 0 Å². The van der Waals surface area contributed by atoms with Gasteiger partial charge in [-0.2, -0.15) is 5.26 Å². The molecule has 0 aliphatic heterocycles. The van der Waals surface area contributed by atoms with Crippen LogP contribution in [-0.4, -0.2) is 11.5 Å². The number of hydrogen-bond acceptors (Lipinski definition) is 3. The molecule has 0 bridgehead atoms. The van der Waals surface area contributed by atoms with Gasteiger partial charge in [0, 0.05) is 24.8 Å². The van der Waals surface area contributed by atoms with Crippen molar-refractivity contribution in [1.82, 2.24) is 10.3 Å². The maximum Gasteiger partial charge on any atom is 0.144 e. The van der Waals surface area contributed by atoms with Crippen LogP contribution in [0.5, 0.6) is 0 Å². The van der Waals surface area contributed by atoms with Crippen molar-refractivity contribution in [1.29, 1.82) is 5.26 Å². The van der Waals surface area contributed by atoms with Crippen LogP contribution < -0.4 is 5.32 Å². The first-order chi connectivity index (χ1) is 7.97. The molecule has 0 aromatic carbocycles. The second-order valence-corrected chi connectivity index (χ2v) is 5.37. The summed E-state index contributed by atoms with van der Waals surface area (Å²) in [6.45, 7) is 10.6. The van der Waals surface area contributed by atoms with E-state index in [1.165, 1.54) is 0 Å². The number of nitrogens with one attached hydrogen (secondary N) is 1. The van der Waals surface area contributed by atoms with Gasteiger partial charge in [0.05, 0.1) is 0 Å². The number of pyridine rings is 1. The van der Waals surface area contributed by atoms with Gasteiger partial charge in [-0.1, -0.05) is 33.8 Å². The third-order valence-corrected chi connectivity index (χ3v) is 3.46. The Morgan fingerprint density at radius 2 is 2.18 bits per heavy atom. The van der Waals surface area contributed by atoms with Crippen LogP contribution >= 0.6 is 0 Å². The van der Waals surface area contributed by atoms with Crippen LogP contribution in [0.25, 0.3) is 0 Å². The molecule has 0 saturated carbocycles. The molecule has 92 valence electrons. The van der Waals surface area contributed by atoms with E-state index in [0.29, 0.717) is 18.2 Å². The molecule has 3 nitrogen and oxygen atoms in total. The number of rotatable bonds is 5. The fraction of sp³-hybridized carbons (Fsp3) is 0.571. The summed E-state index contributed by atoms with van der Waals surface area (Å²) in [5.74, 6) is 0.624. The van der Waals surface area contributed by atoms with E-state index in [1.54, 1.807) is 6.20 Å². The number of nitrogens with zero attached hydrogens (tertiary/aromatic N) is 2. The van der Waals surface area contributed by atoms with Crippen molar-refractivity contribution in [2.24, 2.45) is 11.3 Å². The Kier molecular flexibility index (Phi) is 4.65. The summed E-state index contributed by atoms with van der Waals surface area (Å²) in [6, 6.07) is 5.93. The van der Waals surface area contributed by atoms with E-state index in [2.05, 4.69) is 44.1 Å². The predicted octanol–water partition coefficient (Wildman–Crippen LogP) is 2.73. The molecule has 0 radical (unpaired) electrons. The molecule has 3 heteroatoms. The topological polar surface area (TPSA) is 48.7 Å². The molecule has 0 fully saturated rings. The van der Waals surface area contributed by atoms with Gasteiger partial charge in [0.2, 0.25) is 0 Å². The molecule has 1 rings (SSSR count). The predicted molar refractivity (Wildman–Crippen MR) is 69.3 cm³/mol. The largest absolute Gasteiger partial charge is 0.312 e. The molecule has 1 heterocycles. The minimum absolute atomic E-state index is 0.259. The summed E-state index contributed by atoms with van der Waals surface area (Å²) >= 11 is 0. The van der Waals surface area contributed by atoms with Crippen molar-refractivity contribution < 1.29 is 0 Å². The smallest absolute Gasteiger partial charge is 0.144 e. The van der Waals surface area contributed by atoms with E-state index >= 15 is 0 Å². The maximum absolute atomic E-state index is 8.93. The van der Waals surface area contributed by atoms with E-state index in [4.69, 9.17) is 5.26 Å². The van der Waals surface area contributed by atoms with E-state index in [1.807, 2.05) is 12.1 Å². The average Bonchev–Trinajstić information content (AvgIpc) is 2.29. The summed E-state index contributed by atoms with van der Waals surface area (Å²) in [5, 5.41) is 12.3. The highest BCUT2D eigenvalue weighted by molar-refractivity contribution is 5.30. The van der Waals surface area contributed by atoms with Crippen LogP contribution in [0, 0.1) is 22.7 Å². The van der Waals surface area contributed by atoms with Crippen molar-refractivity contribution in [2.75, 3.05) is 6.54 Å².